The van der Waals surface area contributed by atoms with E-state index in [9.17, 15) is 24.0 Å². The number of nitrogens with one attached hydrogen (secondary N) is 3. The summed E-state index contributed by atoms with van der Waals surface area (Å²) in [5.41, 5.74) is 16.0. The summed E-state index contributed by atoms with van der Waals surface area (Å²) in [5.74, 6) is -4.82. The Morgan fingerprint density at radius 1 is 0.897 bits per heavy atom. The van der Waals surface area contributed by atoms with Gasteiger partial charge >= 0.3 is 11.9 Å². The molecule has 0 heterocycles. The third kappa shape index (κ3) is 13.4. The number of carbonyl (C=O) groups excluding carboxylic acids is 3. The molecule has 0 rings (SSSR count). The molecule has 2 atom stereocenters. The zero-order chi connectivity index (χ0) is 22.4. The first-order chi connectivity index (χ1) is 13.5. The Kier molecular flexibility index (Phi) is 12.1. The van der Waals surface area contributed by atoms with Crippen LogP contribution in [0.15, 0.2) is 4.99 Å². The lowest BCUT2D eigenvalue weighted by atomic mass is 10.1. The number of guanidine groups is 1. The van der Waals surface area contributed by atoms with Gasteiger partial charge in [-0.05, 0) is 19.3 Å². The van der Waals surface area contributed by atoms with E-state index in [1.807, 2.05) is 5.32 Å². The minimum Gasteiger partial charge on any atom is -0.481 e. The molecule has 0 bridgehead atoms. The molecule has 164 valence electrons. The molecule has 0 radical (unpaired) electrons. The molecule has 2 unspecified atom stereocenters. The largest absolute Gasteiger partial charge is 0.481 e. The Morgan fingerprint density at radius 2 is 1.52 bits per heavy atom. The van der Waals surface area contributed by atoms with Gasteiger partial charge in [0.1, 0.15) is 12.6 Å². The van der Waals surface area contributed by atoms with Crippen molar-refractivity contribution in [3.8, 4) is 0 Å². The van der Waals surface area contributed by atoms with E-state index < -0.39 is 61.3 Å². The SMILES string of the molecule is NC(N)=NCCCC(N)C(=O)NCC(=O)NC(CCC(=O)O)C(=O)NCC(=O)O. The lowest BCUT2D eigenvalue weighted by Gasteiger charge is -2.18. The van der Waals surface area contributed by atoms with Crippen LogP contribution in [0, 0.1) is 0 Å². The van der Waals surface area contributed by atoms with E-state index in [0.717, 1.165) is 0 Å². The maximum atomic E-state index is 11.9. The number of amides is 3. The van der Waals surface area contributed by atoms with Gasteiger partial charge in [-0.2, -0.15) is 0 Å². The molecular weight excluding hydrogens is 390 g/mol. The van der Waals surface area contributed by atoms with Gasteiger partial charge < -0.3 is 43.4 Å². The fourth-order valence-electron chi connectivity index (χ4n) is 2.02. The Bertz CT molecular complexity index is 635. The maximum absolute atomic E-state index is 11.9. The van der Waals surface area contributed by atoms with Gasteiger partial charge in [0, 0.05) is 13.0 Å². The Labute approximate surface area is 166 Å². The van der Waals surface area contributed by atoms with Gasteiger partial charge in [0.15, 0.2) is 5.96 Å². The fraction of sp³-hybridized carbons (Fsp3) is 0.600. The standard InChI is InChI=1S/C15H27N7O7/c16-8(2-1-5-19-15(17)18)13(28)20-6-10(23)22-9(3-4-11(24)25)14(29)21-7-12(26)27/h8-9H,1-7,16H2,(H,20,28)(H,21,29)(H,22,23)(H,24,25)(H,26,27)(H4,17,18,19). The molecule has 11 N–H and O–H groups in total. The summed E-state index contributed by atoms with van der Waals surface area (Å²) in [5, 5.41) is 23.9. The van der Waals surface area contributed by atoms with Gasteiger partial charge in [-0.25, -0.2) is 0 Å². The zero-order valence-corrected chi connectivity index (χ0v) is 15.7. The van der Waals surface area contributed by atoms with Crippen molar-refractivity contribution >= 4 is 35.6 Å². The predicted molar refractivity (Wildman–Crippen MR) is 100 cm³/mol. The summed E-state index contributed by atoms with van der Waals surface area (Å²) in [6.07, 6.45) is 0.0198. The third-order valence-corrected chi connectivity index (χ3v) is 3.44. The van der Waals surface area contributed by atoms with Crippen LogP contribution in [0.4, 0.5) is 0 Å². The van der Waals surface area contributed by atoms with Gasteiger partial charge in [-0.1, -0.05) is 0 Å². The highest BCUT2D eigenvalue weighted by atomic mass is 16.4. The van der Waals surface area contributed by atoms with Crippen LogP contribution >= 0.6 is 0 Å². The molecule has 0 aliphatic heterocycles. The number of rotatable bonds is 14. The minimum atomic E-state index is -1.30. The number of carbonyl (C=O) groups is 5. The van der Waals surface area contributed by atoms with E-state index in [1.165, 1.54) is 0 Å². The molecular formula is C15H27N7O7. The summed E-state index contributed by atoms with van der Waals surface area (Å²) >= 11 is 0. The quantitative estimate of drug-likeness (QED) is 0.0772. The lowest BCUT2D eigenvalue weighted by Crippen LogP contribution is -2.51. The van der Waals surface area contributed by atoms with Crippen LogP contribution in [0.25, 0.3) is 0 Å². The smallest absolute Gasteiger partial charge is 0.322 e. The van der Waals surface area contributed by atoms with Gasteiger partial charge in [-0.15, -0.1) is 0 Å². The number of carboxylic acids is 2. The van der Waals surface area contributed by atoms with Crippen molar-refractivity contribution < 1.29 is 34.2 Å². The molecule has 14 nitrogen and oxygen atoms in total. The molecule has 29 heavy (non-hydrogen) atoms. The predicted octanol–water partition coefficient (Wildman–Crippen LogP) is -3.97. The van der Waals surface area contributed by atoms with Crippen molar-refractivity contribution in [1.82, 2.24) is 16.0 Å². The third-order valence-electron chi connectivity index (χ3n) is 3.44. The Hall–Kier alpha value is -3.42. The first kappa shape index (κ1) is 25.6. The highest BCUT2D eigenvalue weighted by Crippen LogP contribution is 1.99. The monoisotopic (exact) mass is 417 g/mol. The van der Waals surface area contributed by atoms with Crippen LogP contribution in [0.2, 0.25) is 0 Å². The van der Waals surface area contributed by atoms with Crippen LogP contribution in [-0.2, 0) is 24.0 Å². The first-order valence-electron chi connectivity index (χ1n) is 8.62. The molecule has 3 amide bonds. The molecule has 0 saturated carbocycles. The number of hydrogen-bond acceptors (Lipinski definition) is 7. The molecule has 0 saturated heterocycles. The van der Waals surface area contributed by atoms with E-state index >= 15 is 0 Å². The fourth-order valence-corrected chi connectivity index (χ4v) is 2.02. The van der Waals surface area contributed by atoms with Gasteiger partial charge in [0.05, 0.1) is 12.6 Å². The summed E-state index contributed by atoms with van der Waals surface area (Å²) in [4.78, 5) is 60.7. The molecule has 0 aromatic heterocycles. The van der Waals surface area contributed by atoms with Crippen molar-refractivity contribution in [1.29, 1.82) is 0 Å². The lowest BCUT2D eigenvalue weighted by molar-refractivity contribution is -0.140. The molecule has 0 aromatic carbocycles. The Morgan fingerprint density at radius 3 is 2.07 bits per heavy atom. The van der Waals surface area contributed by atoms with Crippen molar-refractivity contribution in [2.24, 2.45) is 22.2 Å². The van der Waals surface area contributed by atoms with Gasteiger partial charge in [-0.3, -0.25) is 29.0 Å². The average Bonchev–Trinajstić information content (AvgIpc) is 2.63. The average molecular weight is 417 g/mol. The van der Waals surface area contributed by atoms with Gasteiger partial charge in [0.2, 0.25) is 17.7 Å². The van der Waals surface area contributed by atoms with Crippen molar-refractivity contribution in [2.75, 3.05) is 19.6 Å². The van der Waals surface area contributed by atoms with Crippen LogP contribution < -0.4 is 33.2 Å². The molecule has 0 fully saturated rings. The number of hydrogen-bond donors (Lipinski definition) is 8. The normalized spacial score (nSPS) is 12.2. The summed E-state index contributed by atoms with van der Waals surface area (Å²) in [6.45, 7) is -0.902. The number of nitrogens with zero attached hydrogens (tertiary/aromatic N) is 1. The van der Waals surface area contributed by atoms with E-state index in [0.29, 0.717) is 13.0 Å². The van der Waals surface area contributed by atoms with Crippen LogP contribution in [-0.4, -0.2) is 77.6 Å². The number of carboxylic acid groups (broad SMARTS) is 2. The number of aliphatic carboxylic acids is 2. The summed E-state index contributed by atoms with van der Waals surface area (Å²) in [7, 11) is 0. The van der Waals surface area contributed by atoms with Crippen LogP contribution in [0.5, 0.6) is 0 Å². The van der Waals surface area contributed by atoms with Crippen molar-refractivity contribution in [3.63, 3.8) is 0 Å². The minimum absolute atomic E-state index is 0.0791. The molecule has 0 aliphatic carbocycles. The highest BCUT2D eigenvalue weighted by Gasteiger charge is 2.23. The molecule has 0 aliphatic rings. The van der Waals surface area contributed by atoms with E-state index in [1.54, 1.807) is 0 Å². The Balaban J connectivity index is 4.51. The van der Waals surface area contributed by atoms with Crippen LogP contribution in [0.1, 0.15) is 25.7 Å². The van der Waals surface area contributed by atoms with E-state index in [-0.39, 0.29) is 18.8 Å². The maximum Gasteiger partial charge on any atom is 0.322 e. The molecule has 0 spiro atoms. The van der Waals surface area contributed by atoms with Gasteiger partial charge in [0.25, 0.3) is 0 Å². The summed E-state index contributed by atoms with van der Waals surface area (Å²) < 4.78 is 0. The molecule has 0 aromatic rings. The van der Waals surface area contributed by atoms with Crippen molar-refractivity contribution in [3.05, 3.63) is 0 Å². The van der Waals surface area contributed by atoms with E-state index in [2.05, 4.69) is 15.6 Å². The second-order valence-electron chi connectivity index (χ2n) is 5.94. The second kappa shape index (κ2) is 13.7. The highest BCUT2D eigenvalue weighted by molar-refractivity contribution is 5.92. The summed E-state index contributed by atoms with van der Waals surface area (Å²) in [6, 6.07) is -2.18. The molecule has 14 heteroatoms. The number of nitrogens with two attached hydrogens (primary N) is 3. The van der Waals surface area contributed by atoms with Crippen molar-refractivity contribution in [2.45, 2.75) is 37.8 Å². The second-order valence-corrected chi connectivity index (χ2v) is 5.94. The number of aliphatic imine (C=N–C) groups is 1. The first-order valence-corrected chi connectivity index (χ1v) is 8.62. The van der Waals surface area contributed by atoms with E-state index in [4.69, 9.17) is 27.4 Å². The zero-order valence-electron chi connectivity index (χ0n) is 15.7. The topological polar surface area (TPSA) is 252 Å². The van der Waals surface area contributed by atoms with Crippen LogP contribution in [0.3, 0.4) is 0 Å².